The van der Waals surface area contributed by atoms with Gasteiger partial charge in [0.1, 0.15) is 0 Å². The van der Waals surface area contributed by atoms with Gasteiger partial charge in [-0.2, -0.15) is 0 Å². The summed E-state index contributed by atoms with van der Waals surface area (Å²) >= 11 is 5.61. The van der Waals surface area contributed by atoms with Gasteiger partial charge in [0.15, 0.2) is 0 Å². The molecule has 0 saturated heterocycles. The molecule has 1 aromatic carbocycles. The van der Waals surface area contributed by atoms with E-state index in [2.05, 4.69) is 43.0 Å². The zero-order valence-corrected chi connectivity index (χ0v) is 9.46. The van der Waals surface area contributed by atoms with Gasteiger partial charge in [0.05, 0.1) is 0 Å². The first-order chi connectivity index (χ1) is 6.77. The number of halogens is 1. The van der Waals surface area contributed by atoms with E-state index < -0.39 is 0 Å². The highest BCUT2D eigenvalue weighted by Gasteiger charge is 1.98. The first kappa shape index (κ1) is 11.1. The first-order valence-corrected chi connectivity index (χ1v) is 5.37. The predicted octanol–water partition coefficient (Wildman–Crippen LogP) is 3.57. The second-order valence-electron chi connectivity index (χ2n) is 3.16. The molecule has 0 radical (unpaired) electrons. The molecule has 0 heterocycles. The molecule has 0 fully saturated rings. The van der Waals surface area contributed by atoms with Gasteiger partial charge in [0.25, 0.3) is 0 Å². The van der Waals surface area contributed by atoms with Crippen LogP contribution in [0.5, 0.6) is 0 Å². The molecular formula is C12H16ClN. The summed E-state index contributed by atoms with van der Waals surface area (Å²) in [6.07, 6.45) is 3.98. The van der Waals surface area contributed by atoms with Crippen molar-refractivity contribution in [2.45, 2.75) is 13.8 Å². The minimum atomic E-state index is 0.558. The van der Waals surface area contributed by atoms with Crippen LogP contribution in [-0.2, 0) is 0 Å². The number of rotatable bonds is 4. The summed E-state index contributed by atoms with van der Waals surface area (Å²) in [4.78, 5) is 2.18. The molecule has 14 heavy (non-hydrogen) atoms. The van der Waals surface area contributed by atoms with Gasteiger partial charge < -0.3 is 4.90 Å². The molecule has 76 valence electrons. The summed E-state index contributed by atoms with van der Waals surface area (Å²) in [7, 11) is 0. The maximum absolute atomic E-state index is 5.61. The third-order valence-electron chi connectivity index (χ3n) is 2.05. The van der Waals surface area contributed by atoms with Crippen molar-refractivity contribution in [3.63, 3.8) is 0 Å². The third kappa shape index (κ3) is 3.08. The number of allylic oxidation sites excluding steroid dienone is 1. The standard InChI is InChI=1S/C12H16ClN/c1-3-14(9-5-8-13)12-7-4-6-11(2)10-12/h4-7,9-10H,3,8H2,1-2H3. The van der Waals surface area contributed by atoms with Gasteiger partial charge in [-0.15, -0.1) is 11.6 Å². The van der Waals surface area contributed by atoms with Crippen LogP contribution < -0.4 is 4.90 Å². The van der Waals surface area contributed by atoms with Crippen molar-refractivity contribution in [1.82, 2.24) is 0 Å². The molecular weight excluding hydrogens is 194 g/mol. The van der Waals surface area contributed by atoms with Gasteiger partial charge in [-0.25, -0.2) is 0 Å². The molecule has 0 saturated carbocycles. The van der Waals surface area contributed by atoms with E-state index in [-0.39, 0.29) is 0 Å². The van der Waals surface area contributed by atoms with Crippen molar-refractivity contribution >= 4 is 17.3 Å². The highest BCUT2D eigenvalue weighted by Crippen LogP contribution is 2.15. The number of nitrogens with zero attached hydrogens (tertiary/aromatic N) is 1. The Labute approximate surface area is 91.0 Å². The van der Waals surface area contributed by atoms with E-state index in [1.807, 2.05) is 12.3 Å². The van der Waals surface area contributed by atoms with Crippen molar-refractivity contribution in [2.75, 3.05) is 17.3 Å². The fourth-order valence-corrected chi connectivity index (χ4v) is 1.43. The van der Waals surface area contributed by atoms with Crippen molar-refractivity contribution < 1.29 is 0 Å². The van der Waals surface area contributed by atoms with E-state index in [1.165, 1.54) is 11.3 Å². The first-order valence-electron chi connectivity index (χ1n) is 4.84. The summed E-state index contributed by atoms with van der Waals surface area (Å²) in [6, 6.07) is 8.45. The molecule has 1 aromatic rings. The maximum atomic E-state index is 5.61. The highest BCUT2D eigenvalue weighted by molar-refractivity contribution is 6.18. The molecule has 1 rings (SSSR count). The second-order valence-corrected chi connectivity index (χ2v) is 3.47. The summed E-state index contributed by atoms with van der Waals surface area (Å²) < 4.78 is 0. The van der Waals surface area contributed by atoms with Crippen molar-refractivity contribution in [3.05, 3.63) is 42.1 Å². The minimum absolute atomic E-state index is 0.558. The number of hydrogen-bond acceptors (Lipinski definition) is 1. The molecule has 0 aliphatic carbocycles. The zero-order valence-electron chi connectivity index (χ0n) is 8.70. The van der Waals surface area contributed by atoms with Gasteiger partial charge >= 0.3 is 0 Å². The summed E-state index contributed by atoms with van der Waals surface area (Å²) in [5.74, 6) is 0.558. The van der Waals surface area contributed by atoms with Crippen LogP contribution in [0.1, 0.15) is 12.5 Å². The van der Waals surface area contributed by atoms with Crippen molar-refractivity contribution in [3.8, 4) is 0 Å². The Bertz CT molecular complexity index is 307. The summed E-state index contributed by atoms with van der Waals surface area (Å²) in [6.45, 7) is 5.18. The quantitative estimate of drug-likeness (QED) is 0.686. The molecule has 0 aliphatic rings. The van der Waals surface area contributed by atoms with Crippen molar-refractivity contribution in [2.24, 2.45) is 0 Å². The van der Waals surface area contributed by atoms with Gasteiger partial charge in [-0.3, -0.25) is 0 Å². The smallest absolute Gasteiger partial charge is 0.0421 e. The van der Waals surface area contributed by atoms with E-state index in [1.54, 1.807) is 0 Å². The Morgan fingerprint density at radius 2 is 2.21 bits per heavy atom. The van der Waals surface area contributed by atoms with Crippen LogP contribution in [0.15, 0.2) is 36.5 Å². The Balaban J connectivity index is 2.83. The zero-order chi connectivity index (χ0) is 10.4. The Kier molecular flexibility index (Phi) is 4.54. The van der Waals surface area contributed by atoms with Gasteiger partial charge in [0, 0.05) is 24.3 Å². The molecule has 2 heteroatoms. The number of anilines is 1. The number of benzene rings is 1. The van der Waals surface area contributed by atoms with Crippen LogP contribution in [0.4, 0.5) is 5.69 Å². The van der Waals surface area contributed by atoms with Gasteiger partial charge in [-0.1, -0.05) is 18.2 Å². The fraction of sp³-hybridized carbons (Fsp3) is 0.333. The molecule has 1 nitrogen and oxygen atoms in total. The lowest BCUT2D eigenvalue weighted by atomic mass is 10.2. The average Bonchev–Trinajstić information content (AvgIpc) is 2.19. The third-order valence-corrected chi connectivity index (χ3v) is 2.23. The molecule has 0 aliphatic heterocycles. The molecule has 0 atom stereocenters. The highest BCUT2D eigenvalue weighted by atomic mass is 35.5. The lowest BCUT2D eigenvalue weighted by molar-refractivity contribution is 1.01. The van der Waals surface area contributed by atoms with Gasteiger partial charge in [-0.05, 0) is 31.5 Å². The molecule has 0 spiro atoms. The van der Waals surface area contributed by atoms with E-state index in [4.69, 9.17) is 11.6 Å². The number of hydrogen-bond donors (Lipinski definition) is 0. The largest absolute Gasteiger partial charge is 0.349 e. The van der Waals surface area contributed by atoms with E-state index in [0.29, 0.717) is 5.88 Å². The topological polar surface area (TPSA) is 3.24 Å². The van der Waals surface area contributed by atoms with Gasteiger partial charge in [0.2, 0.25) is 0 Å². The van der Waals surface area contributed by atoms with Crippen molar-refractivity contribution in [1.29, 1.82) is 0 Å². The Morgan fingerprint density at radius 3 is 2.79 bits per heavy atom. The molecule has 0 aromatic heterocycles. The predicted molar refractivity (Wildman–Crippen MR) is 64.1 cm³/mol. The van der Waals surface area contributed by atoms with E-state index >= 15 is 0 Å². The monoisotopic (exact) mass is 209 g/mol. The van der Waals surface area contributed by atoms with E-state index in [0.717, 1.165) is 6.54 Å². The Hall–Kier alpha value is -0.950. The summed E-state index contributed by atoms with van der Waals surface area (Å²) in [5.41, 5.74) is 2.49. The second kappa shape index (κ2) is 5.71. The molecule has 0 N–H and O–H groups in total. The summed E-state index contributed by atoms with van der Waals surface area (Å²) in [5, 5.41) is 0. The Morgan fingerprint density at radius 1 is 1.43 bits per heavy atom. The number of alkyl halides is 1. The van der Waals surface area contributed by atoms with Crippen LogP contribution in [-0.4, -0.2) is 12.4 Å². The lowest BCUT2D eigenvalue weighted by Gasteiger charge is -2.18. The van der Waals surface area contributed by atoms with Crippen LogP contribution in [0, 0.1) is 6.92 Å². The lowest BCUT2D eigenvalue weighted by Crippen LogP contribution is -2.14. The molecule has 0 amide bonds. The fourth-order valence-electron chi connectivity index (χ4n) is 1.35. The molecule has 0 bridgehead atoms. The normalized spacial score (nSPS) is 10.8. The molecule has 0 unspecified atom stereocenters. The van der Waals surface area contributed by atoms with Crippen LogP contribution in [0.3, 0.4) is 0 Å². The average molecular weight is 210 g/mol. The minimum Gasteiger partial charge on any atom is -0.349 e. The number of aryl methyl sites for hydroxylation is 1. The van der Waals surface area contributed by atoms with Crippen LogP contribution in [0.25, 0.3) is 0 Å². The maximum Gasteiger partial charge on any atom is 0.0421 e. The SMILES string of the molecule is CCN(C=CCCl)c1cccc(C)c1. The van der Waals surface area contributed by atoms with Crippen LogP contribution in [0.2, 0.25) is 0 Å². The van der Waals surface area contributed by atoms with E-state index in [9.17, 15) is 0 Å². The van der Waals surface area contributed by atoms with Crippen LogP contribution >= 0.6 is 11.6 Å².